The zero-order valence-corrected chi connectivity index (χ0v) is 12.1. The van der Waals surface area contributed by atoms with E-state index in [2.05, 4.69) is 24.1 Å². The Morgan fingerprint density at radius 3 is 2.50 bits per heavy atom. The predicted molar refractivity (Wildman–Crippen MR) is 75.3 cm³/mol. The SMILES string of the molecule is CCC(C)C(N)C(=O)NCC1CCN(CC)CC1. The van der Waals surface area contributed by atoms with Crippen LogP contribution in [0, 0.1) is 11.8 Å². The van der Waals surface area contributed by atoms with E-state index in [0.29, 0.717) is 5.92 Å². The van der Waals surface area contributed by atoms with Crippen molar-refractivity contribution in [1.29, 1.82) is 0 Å². The minimum absolute atomic E-state index is 0.0160. The molecule has 0 aromatic carbocycles. The average Bonchev–Trinajstić information content (AvgIpc) is 2.43. The zero-order chi connectivity index (χ0) is 13.5. The fourth-order valence-corrected chi connectivity index (χ4v) is 2.38. The lowest BCUT2D eigenvalue weighted by Gasteiger charge is -2.31. The van der Waals surface area contributed by atoms with Crippen molar-refractivity contribution in [3.8, 4) is 0 Å². The molecule has 4 heteroatoms. The van der Waals surface area contributed by atoms with Gasteiger partial charge in [0.1, 0.15) is 0 Å². The highest BCUT2D eigenvalue weighted by molar-refractivity contribution is 5.81. The number of nitrogens with two attached hydrogens (primary N) is 1. The molecular formula is C14H29N3O. The normalized spacial score (nSPS) is 21.6. The van der Waals surface area contributed by atoms with Crippen LogP contribution in [0.4, 0.5) is 0 Å². The van der Waals surface area contributed by atoms with Gasteiger partial charge in [0.15, 0.2) is 0 Å². The Bertz CT molecular complexity index is 249. The summed E-state index contributed by atoms with van der Waals surface area (Å²) < 4.78 is 0. The molecule has 2 atom stereocenters. The first-order valence-corrected chi connectivity index (χ1v) is 7.34. The van der Waals surface area contributed by atoms with Crippen molar-refractivity contribution in [3.05, 3.63) is 0 Å². The lowest BCUT2D eigenvalue weighted by Crippen LogP contribution is -2.47. The van der Waals surface area contributed by atoms with E-state index in [1.165, 1.54) is 12.8 Å². The van der Waals surface area contributed by atoms with Gasteiger partial charge in [-0.05, 0) is 44.3 Å². The summed E-state index contributed by atoms with van der Waals surface area (Å²) in [7, 11) is 0. The summed E-state index contributed by atoms with van der Waals surface area (Å²) in [6.07, 6.45) is 3.32. The molecule has 0 aromatic rings. The van der Waals surface area contributed by atoms with Crippen molar-refractivity contribution in [2.75, 3.05) is 26.2 Å². The van der Waals surface area contributed by atoms with Crippen molar-refractivity contribution < 1.29 is 4.79 Å². The molecule has 0 radical (unpaired) electrons. The van der Waals surface area contributed by atoms with Crippen molar-refractivity contribution in [3.63, 3.8) is 0 Å². The van der Waals surface area contributed by atoms with Gasteiger partial charge in [-0.1, -0.05) is 27.2 Å². The molecular weight excluding hydrogens is 226 g/mol. The number of amides is 1. The first-order chi connectivity index (χ1) is 8.58. The number of hydrogen-bond acceptors (Lipinski definition) is 3. The van der Waals surface area contributed by atoms with Crippen LogP contribution >= 0.6 is 0 Å². The second-order valence-corrected chi connectivity index (χ2v) is 5.53. The minimum atomic E-state index is -0.356. The Balaban J connectivity index is 2.23. The van der Waals surface area contributed by atoms with Crippen LogP contribution in [0.2, 0.25) is 0 Å². The highest BCUT2D eigenvalue weighted by Crippen LogP contribution is 2.16. The Morgan fingerprint density at radius 2 is 2.00 bits per heavy atom. The lowest BCUT2D eigenvalue weighted by atomic mass is 9.95. The number of carbonyl (C=O) groups excluding carboxylic acids is 1. The van der Waals surface area contributed by atoms with E-state index in [1.54, 1.807) is 0 Å². The van der Waals surface area contributed by atoms with Gasteiger partial charge in [-0.25, -0.2) is 0 Å². The highest BCUT2D eigenvalue weighted by Gasteiger charge is 2.22. The van der Waals surface area contributed by atoms with Gasteiger partial charge in [0.05, 0.1) is 6.04 Å². The van der Waals surface area contributed by atoms with Gasteiger partial charge < -0.3 is 16.0 Å². The molecule has 0 saturated carbocycles. The number of likely N-dealkylation sites (tertiary alicyclic amines) is 1. The second kappa shape index (κ2) is 7.74. The molecule has 1 heterocycles. The molecule has 1 amide bonds. The highest BCUT2D eigenvalue weighted by atomic mass is 16.2. The van der Waals surface area contributed by atoms with Crippen LogP contribution in [0.3, 0.4) is 0 Å². The van der Waals surface area contributed by atoms with Crippen LogP contribution in [0.25, 0.3) is 0 Å². The Hall–Kier alpha value is -0.610. The summed E-state index contributed by atoms with van der Waals surface area (Å²) in [5, 5.41) is 3.02. The van der Waals surface area contributed by atoms with Gasteiger partial charge in [0.2, 0.25) is 5.91 Å². The van der Waals surface area contributed by atoms with Gasteiger partial charge in [-0.15, -0.1) is 0 Å². The molecule has 1 aliphatic heterocycles. The van der Waals surface area contributed by atoms with Crippen molar-refractivity contribution >= 4 is 5.91 Å². The molecule has 2 unspecified atom stereocenters. The third-order valence-electron chi connectivity index (χ3n) is 4.28. The molecule has 1 fully saturated rings. The zero-order valence-electron chi connectivity index (χ0n) is 12.1. The van der Waals surface area contributed by atoms with Gasteiger partial charge in [-0.2, -0.15) is 0 Å². The van der Waals surface area contributed by atoms with E-state index >= 15 is 0 Å². The molecule has 0 aliphatic carbocycles. The molecule has 0 aromatic heterocycles. The maximum absolute atomic E-state index is 11.9. The number of rotatable bonds is 6. The second-order valence-electron chi connectivity index (χ2n) is 5.53. The predicted octanol–water partition coefficient (Wildman–Crippen LogP) is 1.21. The first kappa shape index (κ1) is 15.4. The lowest BCUT2D eigenvalue weighted by molar-refractivity contribution is -0.123. The fourth-order valence-electron chi connectivity index (χ4n) is 2.38. The maximum Gasteiger partial charge on any atom is 0.237 e. The molecule has 1 aliphatic rings. The number of nitrogens with zero attached hydrogens (tertiary/aromatic N) is 1. The summed E-state index contributed by atoms with van der Waals surface area (Å²) >= 11 is 0. The van der Waals surface area contributed by atoms with Gasteiger partial charge >= 0.3 is 0 Å². The number of nitrogens with one attached hydrogen (secondary N) is 1. The Morgan fingerprint density at radius 1 is 1.39 bits per heavy atom. The van der Waals surface area contributed by atoms with Crippen molar-refractivity contribution in [1.82, 2.24) is 10.2 Å². The monoisotopic (exact) mass is 255 g/mol. The van der Waals surface area contributed by atoms with Crippen LogP contribution in [-0.2, 0) is 4.79 Å². The maximum atomic E-state index is 11.9. The average molecular weight is 255 g/mol. The smallest absolute Gasteiger partial charge is 0.237 e. The minimum Gasteiger partial charge on any atom is -0.354 e. The first-order valence-electron chi connectivity index (χ1n) is 7.34. The van der Waals surface area contributed by atoms with E-state index in [0.717, 1.165) is 32.6 Å². The molecule has 1 rings (SSSR count). The molecule has 0 spiro atoms. The van der Waals surface area contributed by atoms with E-state index < -0.39 is 0 Å². The number of piperidine rings is 1. The number of carbonyl (C=O) groups is 1. The Labute approximate surface area is 111 Å². The van der Waals surface area contributed by atoms with E-state index in [1.807, 2.05) is 6.92 Å². The molecule has 18 heavy (non-hydrogen) atoms. The van der Waals surface area contributed by atoms with E-state index in [4.69, 9.17) is 5.73 Å². The van der Waals surface area contributed by atoms with Crippen molar-refractivity contribution in [2.24, 2.45) is 17.6 Å². The van der Waals surface area contributed by atoms with Gasteiger partial charge in [0, 0.05) is 6.54 Å². The largest absolute Gasteiger partial charge is 0.354 e. The summed E-state index contributed by atoms with van der Waals surface area (Å²) in [6.45, 7) is 10.6. The van der Waals surface area contributed by atoms with Gasteiger partial charge in [0.25, 0.3) is 0 Å². The molecule has 0 bridgehead atoms. The third-order valence-corrected chi connectivity index (χ3v) is 4.28. The van der Waals surface area contributed by atoms with E-state index in [9.17, 15) is 4.79 Å². The number of hydrogen-bond donors (Lipinski definition) is 2. The van der Waals surface area contributed by atoms with Crippen LogP contribution in [0.5, 0.6) is 0 Å². The topological polar surface area (TPSA) is 58.4 Å². The molecule has 4 nitrogen and oxygen atoms in total. The van der Waals surface area contributed by atoms with E-state index in [-0.39, 0.29) is 17.9 Å². The fraction of sp³-hybridized carbons (Fsp3) is 0.929. The van der Waals surface area contributed by atoms with Gasteiger partial charge in [-0.3, -0.25) is 4.79 Å². The van der Waals surface area contributed by atoms with Crippen LogP contribution < -0.4 is 11.1 Å². The molecule has 106 valence electrons. The summed E-state index contributed by atoms with van der Waals surface area (Å²) in [5.41, 5.74) is 5.91. The Kier molecular flexibility index (Phi) is 6.65. The summed E-state index contributed by atoms with van der Waals surface area (Å²) in [6, 6.07) is -0.356. The van der Waals surface area contributed by atoms with Crippen molar-refractivity contribution in [2.45, 2.75) is 46.1 Å². The van der Waals surface area contributed by atoms with Crippen LogP contribution in [-0.4, -0.2) is 43.0 Å². The summed E-state index contributed by atoms with van der Waals surface area (Å²) in [5.74, 6) is 0.898. The van der Waals surface area contributed by atoms with Crippen LogP contribution in [0.1, 0.15) is 40.0 Å². The quantitative estimate of drug-likeness (QED) is 0.750. The molecule has 3 N–H and O–H groups in total. The summed E-state index contributed by atoms with van der Waals surface area (Å²) in [4.78, 5) is 14.3. The third kappa shape index (κ3) is 4.58. The standard InChI is InChI=1S/C14H29N3O/c1-4-11(3)13(15)14(18)16-10-12-6-8-17(5-2)9-7-12/h11-13H,4-10,15H2,1-3H3,(H,16,18). The van der Waals surface area contributed by atoms with Crippen LogP contribution in [0.15, 0.2) is 0 Å². The molecule has 1 saturated heterocycles.